The number of carbonyl (C=O) groups is 1. The monoisotopic (exact) mass is 346 g/mol. The molecule has 1 saturated carbocycles. The third kappa shape index (κ3) is 3.62. The van der Waals surface area contributed by atoms with Gasteiger partial charge < -0.3 is 5.32 Å². The van der Waals surface area contributed by atoms with Gasteiger partial charge in [0.05, 0.1) is 5.52 Å². The zero-order valence-corrected chi connectivity index (χ0v) is 13.5. The summed E-state index contributed by atoms with van der Waals surface area (Å²) in [6, 6.07) is 11.6. The minimum Gasteiger partial charge on any atom is -0.350 e. The van der Waals surface area contributed by atoms with Crippen molar-refractivity contribution in [3.05, 3.63) is 42.1 Å². The van der Waals surface area contributed by atoms with Crippen LogP contribution < -0.4 is 5.32 Å². The van der Waals surface area contributed by atoms with Gasteiger partial charge in [0.1, 0.15) is 5.69 Å². The van der Waals surface area contributed by atoms with E-state index in [0.717, 1.165) is 17.4 Å². The van der Waals surface area contributed by atoms with Crippen molar-refractivity contribution in [3.8, 4) is 0 Å². The van der Waals surface area contributed by atoms with Crippen molar-refractivity contribution in [2.75, 3.05) is 6.54 Å². The summed E-state index contributed by atoms with van der Waals surface area (Å²) in [5, 5.41) is 4.09. The van der Waals surface area contributed by atoms with E-state index in [0.29, 0.717) is 16.4 Å². The molecule has 110 valence electrons. The quantitative estimate of drug-likeness (QED) is 0.855. The molecule has 1 amide bonds. The van der Waals surface area contributed by atoms with E-state index in [9.17, 15) is 4.79 Å². The Morgan fingerprint density at radius 3 is 2.71 bits per heavy atom. The highest BCUT2D eigenvalue weighted by atomic mass is 79.9. The largest absolute Gasteiger partial charge is 0.350 e. The zero-order valence-electron chi connectivity index (χ0n) is 11.9. The summed E-state index contributed by atoms with van der Waals surface area (Å²) in [5.41, 5.74) is 1.37. The number of benzene rings is 1. The second kappa shape index (κ2) is 6.56. The Morgan fingerprint density at radius 2 is 1.90 bits per heavy atom. The Morgan fingerprint density at radius 1 is 1.14 bits per heavy atom. The van der Waals surface area contributed by atoms with E-state index in [4.69, 9.17) is 0 Å². The fraction of sp³-hybridized carbons (Fsp3) is 0.412. The third-order valence-corrected chi connectivity index (χ3v) is 5.07. The molecule has 3 nitrogen and oxygen atoms in total. The van der Waals surface area contributed by atoms with Crippen molar-refractivity contribution in [3.63, 3.8) is 0 Å². The van der Waals surface area contributed by atoms with Crippen LogP contribution in [0.5, 0.6) is 0 Å². The van der Waals surface area contributed by atoms with Crippen LogP contribution in [-0.2, 0) is 0 Å². The van der Waals surface area contributed by atoms with Gasteiger partial charge in [-0.2, -0.15) is 0 Å². The van der Waals surface area contributed by atoms with Crippen LogP contribution in [0.15, 0.2) is 36.4 Å². The van der Waals surface area contributed by atoms with Crippen LogP contribution >= 0.6 is 15.9 Å². The molecule has 1 aromatic heterocycles. The molecular formula is C17H19BrN2O. The number of alkyl halides is 1. The SMILES string of the molecule is O=C(NCC1CCC(Br)CC1)c1ccc2ccccc2n1. The van der Waals surface area contributed by atoms with Crippen molar-refractivity contribution in [2.45, 2.75) is 30.5 Å². The average Bonchev–Trinajstić information content (AvgIpc) is 2.53. The first-order valence-corrected chi connectivity index (χ1v) is 8.42. The number of hydrogen-bond acceptors (Lipinski definition) is 2. The number of amides is 1. The van der Waals surface area contributed by atoms with Gasteiger partial charge in [-0.15, -0.1) is 0 Å². The number of hydrogen-bond donors (Lipinski definition) is 1. The Labute approximate surface area is 133 Å². The lowest BCUT2D eigenvalue weighted by atomic mass is 9.89. The molecule has 0 atom stereocenters. The van der Waals surface area contributed by atoms with Gasteiger partial charge in [-0.25, -0.2) is 4.98 Å². The van der Waals surface area contributed by atoms with E-state index in [2.05, 4.69) is 26.2 Å². The van der Waals surface area contributed by atoms with Gasteiger partial charge in [-0.05, 0) is 43.7 Å². The smallest absolute Gasteiger partial charge is 0.269 e. The summed E-state index contributed by atoms with van der Waals surface area (Å²) in [7, 11) is 0. The lowest BCUT2D eigenvalue weighted by Gasteiger charge is -2.25. The second-order valence-electron chi connectivity index (χ2n) is 5.72. The highest BCUT2D eigenvalue weighted by molar-refractivity contribution is 9.09. The van der Waals surface area contributed by atoms with E-state index < -0.39 is 0 Å². The normalized spacial score (nSPS) is 22.1. The van der Waals surface area contributed by atoms with E-state index in [1.165, 1.54) is 25.7 Å². The van der Waals surface area contributed by atoms with E-state index in [1.807, 2.05) is 30.3 Å². The maximum atomic E-state index is 12.2. The van der Waals surface area contributed by atoms with Crippen LogP contribution in [0.3, 0.4) is 0 Å². The molecule has 1 fully saturated rings. The standard InChI is InChI=1S/C17H19BrN2O/c18-14-8-5-12(6-9-14)11-19-17(21)16-10-7-13-3-1-2-4-15(13)20-16/h1-4,7,10,12,14H,5-6,8-9,11H2,(H,19,21). The summed E-state index contributed by atoms with van der Waals surface area (Å²) >= 11 is 3.66. The molecule has 1 aliphatic carbocycles. The summed E-state index contributed by atoms with van der Waals surface area (Å²) in [4.78, 5) is 17.3. The molecule has 4 heteroatoms. The van der Waals surface area contributed by atoms with Gasteiger partial charge >= 0.3 is 0 Å². The van der Waals surface area contributed by atoms with Crippen LogP contribution in [0.25, 0.3) is 10.9 Å². The molecule has 0 saturated heterocycles. The maximum Gasteiger partial charge on any atom is 0.269 e. The summed E-state index contributed by atoms with van der Waals surface area (Å²) in [6.45, 7) is 0.757. The van der Waals surface area contributed by atoms with Gasteiger partial charge in [-0.1, -0.05) is 40.2 Å². The van der Waals surface area contributed by atoms with Gasteiger partial charge in [-0.3, -0.25) is 4.79 Å². The molecule has 1 heterocycles. The highest BCUT2D eigenvalue weighted by Crippen LogP contribution is 2.28. The van der Waals surface area contributed by atoms with Gasteiger partial charge in [0.25, 0.3) is 5.91 Å². The predicted octanol–water partition coefficient (Wildman–Crippen LogP) is 3.92. The van der Waals surface area contributed by atoms with Crippen LogP contribution in [-0.4, -0.2) is 22.3 Å². The molecule has 0 aliphatic heterocycles. The first-order valence-electron chi connectivity index (χ1n) is 7.50. The lowest BCUT2D eigenvalue weighted by molar-refractivity contribution is 0.0939. The maximum absolute atomic E-state index is 12.2. The molecule has 0 bridgehead atoms. The van der Waals surface area contributed by atoms with E-state index in [-0.39, 0.29) is 5.91 Å². The number of nitrogens with zero attached hydrogens (tertiary/aromatic N) is 1. The van der Waals surface area contributed by atoms with E-state index >= 15 is 0 Å². The first kappa shape index (κ1) is 14.5. The zero-order chi connectivity index (χ0) is 14.7. The fourth-order valence-electron chi connectivity index (χ4n) is 2.85. The molecule has 21 heavy (non-hydrogen) atoms. The molecular weight excluding hydrogens is 328 g/mol. The summed E-state index contributed by atoms with van der Waals surface area (Å²) in [5.74, 6) is 0.532. The number of carbonyl (C=O) groups excluding carboxylic acids is 1. The molecule has 0 spiro atoms. The third-order valence-electron chi connectivity index (χ3n) is 4.16. The highest BCUT2D eigenvalue weighted by Gasteiger charge is 2.20. The molecule has 0 radical (unpaired) electrons. The molecule has 1 aliphatic rings. The predicted molar refractivity (Wildman–Crippen MR) is 88.7 cm³/mol. The fourth-order valence-corrected chi connectivity index (χ4v) is 3.37. The van der Waals surface area contributed by atoms with Crippen LogP contribution in [0, 0.1) is 5.92 Å². The lowest BCUT2D eigenvalue weighted by Crippen LogP contribution is -2.31. The average molecular weight is 347 g/mol. The molecule has 2 aromatic rings. The minimum absolute atomic E-state index is 0.0679. The topological polar surface area (TPSA) is 42.0 Å². The molecule has 1 N–H and O–H groups in total. The molecule has 0 unspecified atom stereocenters. The van der Waals surface area contributed by atoms with Crippen molar-refractivity contribution < 1.29 is 4.79 Å². The van der Waals surface area contributed by atoms with Crippen molar-refractivity contribution in [1.29, 1.82) is 0 Å². The number of rotatable bonds is 3. The Hall–Kier alpha value is -1.42. The van der Waals surface area contributed by atoms with Crippen molar-refractivity contribution in [2.24, 2.45) is 5.92 Å². The van der Waals surface area contributed by atoms with E-state index in [1.54, 1.807) is 6.07 Å². The second-order valence-corrected chi connectivity index (χ2v) is 7.01. The number of para-hydroxylation sites is 1. The van der Waals surface area contributed by atoms with Gasteiger partial charge in [0, 0.05) is 16.8 Å². The van der Waals surface area contributed by atoms with Crippen LogP contribution in [0.1, 0.15) is 36.2 Å². The molecule has 3 rings (SSSR count). The Kier molecular flexibility index (Phi) is 4.54. The minimum atomic E-state index is -0.0679. The Bertz CT molecular complexity index is 635. The summed E-state index contributed by atoms with van der Waals surface area (Å²) < 4.78 is 0. The number of fused-ring (bicyclic) bond motifs is 1. The number of nitrogens with one attached hydrogen (secondary N) is 1. The van der Waals surface area contributed by atoms with Crippen molar-refractivity contribution in [1.82, 2.24) is 10.3 Å². The Balaban J connectivity index is 1.61. The van der Waals surface area contributed by atoms with Crippen molar-refractivity contribution >= 4 is 32.7 Å². The number of pyridine rings is 1. The number of halogens is 1. The number of aromatic nitrogens is 1. The summed E-state index contributed by atoms with van der Waals surface area (Å²) in [6.07, 6.45) is 4.77. The van der Waals surface area contributed by atoms with Crippen LogP contribution in [0.2, 0.25) is 0 Å². The molecule has 1 aromatic carbocycles. The first-order chi connectivity index (χ1) is 10.2. The van der Waals surface area contributed by atoms with Crippen LogP contribution in [0.4, 0.5) is 0 Å². The van der Waals surface area contributed by atoms with Gasteiger partial charge in [0.2, 0.25) is 0 Å². The van der Waals surface area contributed by atoms with Gasteiger partial charge in [0.15, 0.2) is 0 Å².